The minimum atomic E-state index is -2.69. The summed E-state index contributed by atoms with van der Waals surface area (Å²) in [6, 6.07) is 26.6. The van der Waals surface area contributed by atoms with Crippen molar-refractivity contribution in [1.29, 1.82) is 0 Å². The van der Waals surface area contributed by atoms with Crippen LogP contribution in [-0.4, -0.2) is 31.9 Å². The number of benzene rings is 3. The molecule has 0 N–H and O–H groups in total. The van der Waals surface area contributed by atoms with Crippen LogP contribution in [0.25, 0.3) is 0 Å². The van der Waals surface area contributed by atoms with Crippen LogP contribution in [0.3, 0.4) is 0 Å². The fourth-order valence-corrected chi connectivity index (χ4v) is 9.86. The molecule has 0 saturated carbocycles. The first kappa shape index (κ1) is 31.2. The molecule has 0 amide bonds. The normalized spacial score (nSPS) is 12.6. The van der Waals surface area contributed by atoms with Crippen LogP contribution in [0.2, 0.25) is 5.04 Å². The molecule has 1 atom stereocenters. The number of carbonyl (C=O) groups is 1. The Morgan fingerprint density at radius 1 is 0.825 bits per heavy atom. The molecule has 0 bridgehead atoms. The number of nitrogens with zero attached hydrogens (tertiary/aromatic N) is 1. The van der Waals surface area contributed by atoms with Gasteiger partial charge in [-0.1, -0.05) is 114 Å². The summed E-state index contributed by atoms with van der Waals surface area (Å²) in [4.78, 5) is 23.5. The number of ether oxygens (including phenoxy) is 1. The van der Waals surface area contributed by atoms with E-state index in [0.717, 1.165) is 25.7 Å². The predicted molar refractivity (Wildman–Crippen MR) is 164 cm³/mol. The van der Waals surface area contributed by atoms with Gasteiger partial charge in [0.2, 0.25) is 0 Å². The van der Waals surface area contributed by atoms with Gasteiger partial charge in [0.05, 0.1) is 10.5 Å². The molecule has 0 spiro atoms. The lowest BCUT2D eigenvalue weighted by Gasteiger charge is -2.43. The second-order valence-corrected chi connectivity index (χ2v) is 15.6. The van der Waals surface area contributed by atoms with Gasteiger partial charge in [-0.05, 0) is 40.4 Å². The highest BCUT2D eigenvalue weighted by Gasteiger charge is 2.50. The summed E-state index contributed by atoms with van der Waals surface area (Å²) < 4.78 is 13.0. The summed E-state index contributed by atoms with van der Waals surface area (Å²) in [5.41, 5.74) is 0.261. The van der Waals surface area contributed by atoms with Crippen LogP contribution in [0.5, 0.6) is 0 Å². The summed E-state index contributed by atoms with van der Waals surface area (Å²) in [7, 11) is -2.69. The van der Waals surface area contributed by atoms with Crippen molar-refractivity contribution in [3.8, 4) is 0 Å². The Bertz CT molecular complexity index is 1150. The molecule has 0 aliphatic rings. The first-order chi connectivity index (χ1) is 19.2. The third kappa shape index (κ3) is 8.12. The lowest BCUT2D eigenvalue weighted by Crippen LogP contribution is -2.66. The van der Waals surface area contributed by atoms with Gasteiger partial charge in [0.15, 0.2) is 0 Å². The number of rotatable bonds is 15. The molecule has 0 unspecified atom stereocenters. The van der Waals surface area contributed by atoms with E-state index in [4.69, 9.17) is 9.16 Å². The number of nitro groups is 1. The molecule has 40 heavy (non-hydrogen) atoms. The maximum absolute atomic E-state index is 13.0. The lowest BCUT2D eigenvalue weighted by atomic mass is 10.1. The van der Waals surface area contributed by atoms with Crippen molar-refractivity contribution in [3.05, 3.63) is 101 Å². The predicted octanol–water partition coefficient (Wildman–Crippen LogP) is 7.45. The highest BCUT2D eigenvalue weighted by atomic mass is 28.4. The van der Waals surface area contributed by atoms with Gasteiger partial charge in [0.1, 0.15) is 6.10 Å². The molecule has 214 valence electrons. The quantitative estimate of drug-likeness (QED) is 0.0633. The van der Waals surface area contributed by atoms with Crippen molar-refractivity contribution in [3.63, 3.8) is 0 Å². The molecule has 0 heterocycles. The van der Waals surface area contributed by atoms with Crippen LogP contribution < -0.4 is 10.4 Å². The molecule has 0 saturated heterocycles. The van der Waals surface area contributed by atoms with Gasteiger partial charge in [0, 0.05) is 25.2 Å². The number of nitro benzene ring substituents is 1. The number of hydrogen-bond acceptors (Lipinski definition) is 5. The fourth-order valence-electron chi connectivity index (χ4n) is 5.28. The van der Waals surface area contributed by atoms with Crippen molar-refractivity contribution < 1.29 is 18.9 Å². The van der Waals surface area contributed by atoms with Crippen LogP contribution in [0, 0.1) is 10.1 Å². The van der Waals surface area contributed by atoms with Crippen LogP contribution in [0.1, 0.15) is 83.0 Å². The Hall–Kier alpha value is -3.29. The second kappa shape index (κ2) is 14.9. The van der Waals surface area contributed by atoms with Crippen LogP contribution >= 0.6 is 0 Å². The van der Waals surface area contributed by atoms with Gasteiger partial charge in [-0.25, -0.2) is 4.79 Å². The Morgan fingerprint density at radius 2 is 1.38 bits per heavy atom. The smallest absolute Gasteiger partial charge is 0.338 e. The van der Waals surface area contributed by atoms with E-state index in [1.807, 2.05) is 12.1 Å². The zero-order chi connectivity index (χ0) is 29.0. The fraction of sp³-hybridized carbons (Fsp3) is 0.424. The average molecular weight is 562 g/mol. The highest BCUT2D eigenvalue weighted by molar-refractivity contribution is 6.99. The molecule has 0 aliphatic carbocycles. The molecule has 3 aromatic rings. The number of esters is 1. The van der Waals surface area contributed by atoms with Gasteiger partial charge in [-0.2, -0.15) is 0 Å². The Balaban J connectivity index is 1.81. The van der Waals surface area contributed by atoms with Gasteiger partial charge in [-0.15, -0.1) is 0 Å². The zero-order valence-corrected chi connectivity index (χ0v) is 25.3. The monoisotopic (exact) mass is 561 g/mol. The second-order valence-electron chi connectivity index (χ2n) is 11.3. The first-order valence-electron chi connectivity index (χ1n) is 14.4. The third-order valence-electron chi connectivity index (χ3n) is 7.39. The molecule has 7 heteroatoms. The van der Waals surface area contributed by atoms with Gasteiger partial charge >= 0.3 is 5.97 Å². The van der Waals surface area contributed by atoms with E-state index in [-0.39, 0.29) is 16.8 Å². The van der Waals surface area contributed by atoms with E-state index in [2.05, 4.69) is 76.2 Å². The van der Waals surface area contributed by atoms with Gasteiger partial charge in [0.25, 0.3) is 14.0 Å². The summed E-state index contributed by atoms with van der Waals surface area (Å²) in [5.74, 6) is -0.459. The average Bonchev–Trinajstić information content (AvgIpc) is 2.95. The standard InChI is InChI=1S/C33H43NO5Si/c1-5-6-7-8-11-16-29(39-32(35)27-21-23-28(24-22-27)34(36)37)25-26-38-40(33(2,3)4,30-17-12-9-13-18-30)31-19-14-10-15-20-31/h9-10,12-15,17-24,29H,5-8,11,16,25-26H2,1-4H3/t29-/m0/s1. The highest BCUT2D eigenvalue weighted by Crippen LogP contribution is 2.37. The number of unbranched alkanes of at least 4 members (excludes halogenated alkanes) is 4. The number of hydrogen-bond donors (Lipinski definition) is 0. The Morgan fingerprint density at radius 3 is 1.88 bits per heavy atom. The number of non-ortho nitro benzene ring substituents is 1. The summed E-state index contributed by atoms with van der Waals surface area (Å²) in [6.07, 6.45) is 6.63. The Kier molecular flexibility index (Phi) is 11.6. The van der Waals surface area contributed by atoms with Gasteiger partial charge in [-0.3, -0.25) is 10.1 Å². The summed E-state index contributed by atoms with van der Waals surface area (Å²) in [5, 5.41) is 13.3. The summed E-state index contributed by atoms with van der Waals surface area (Å²) in [6.45, 7) is 9.40. The molecule has 6 nitrogen and oxygen atoms in total. The van der Waals surface area contributed by atoms with E-state index in [0.29, 0.717) is 18.6 Å². The molecular weight excluding hydrogens is 518 g/mol. The van der Waals surface area contributed by atoms with Crippen LogP contribution in [0.4, 0.5) is 5.69 Å². The lowest BCUT2D eigenvalue weighted by molar-refractivity contribution is -0.384. The molecule has 0 aromatic heterocycles. The van der Waals surface area contributed by atoms with E-state index < -0.39 is 19.2 Å². The van der Waals surface area contributed by atoms with Crippen LogP contribution in [0.15, 0.2) is 84.9 Å². The zero-order valence-electron chi connectivity index (χ0n) is 24.3. The molecule has 3 rings (SSSR count). The molecule has 0 radical (unpaired) electrons. The van der Waals surface area contributed by atoms with Crippen molar-refractivity contribution in [2.24, 2.45) is 0 Å². The molecule has 0 aliphatic heterocycles. The largest absolute Gasteiger partial charge is 0.459 e. The minimum absolute atomic E-state index is 0.0530. The number of carbonyl (C=O) groups excluding carboxylic acids is 1. The van der Waals surface area contributed by atoms with Crippen molar-refractivity contribution in [2.45, 2.75) is 83.8 Å². The van der Waals surface area contributed by atoms with Crippen molar-refractivity contribution in [1.82, 2.24) is 0 Å². The summed E-state index contributed by atoms with van der Waals surface area (Å²) >= 11 is 0. The van der Waals surface area contributed by atoms with Crippen LogP contribution in [-0.2, 0) is 9.16 Å². The molecule has 3 aromatic carbocycles. The maximum Gasteiger partial charge on any atom is 0.338 e. The third-order valence-corrected chi connectivity index (χ3v) is 12.4. The first-order valence-corrected chi connectivity index (χ1v) is 16.3. The van der Waals surface area contributed by atoms with E-state index in [1.54, 1.807) is 0 Å². The van der Waals surface area contributed by atoms with Crippen molar-refractivity contribution >= 4 is 30.3 Å². The Labute approximate surface area is 240 Å². The topological polar surface area (TPSA) is 78.7 Å². The SMILES string of the molecule is CCCCCCC[C@@H](CCO[Si](c1ccccc1)(c1ccccc1)C(C)(C)C)OC(=O)c1ccc([N+](=O)[O-])cc1. The van der Waals surface area contributed by atoms with Gasteiger partial charge < -0.3 is 9.16 Å². The molecular formula is C33H43NO5Si. The molecule has 0 fully saturated rings. The van der Waals surface area contributed by atoms with E-state index in [1.165, 1.54) is 47.5 Å². The van der Waals surface area contributed by atoms with E-state index >= 15 is 0 Å². The van der Waals surface area contributed by atoms with Crippen molar-refractivity contribution in [2.75, 3.05) is 6.61 Å². The van der Waals surface area contributed by atoms with E-state index in [9.17, 15) is 14.9 Å². The maximum atomic E-state index is 13.0. The minimum Gasteiger partial charge on any atom is -0.459 e.